The van der Waals surface area contributed by atoms with E-state index in [4.69, 9.17) is 21.4 Å². The van der Waals surface area contributed by atoms with E-state index < -0.39 is 6.04 Å². The number of rotatable bonds is 7. The van der Waals surface area contributed by atoms with Crippen molar-refractivity contribution in [1.82, 2.24) is 19.7 Å². The Labute approximate surface area is 217 Å². The molecule has 0 saturated carbocycles. The largest absolute Gasteiger partial charge is 0.495 e. The number of halogens is 1. The third-order valence-electron chi connectivity index (χ3n) is 5.75. The van der Waals surface area contributed by atoms with E-state index in [2.05, 4.69) is 20.6 Å². The number of thioether (sulfide) groups is 1. The highest BCUT2D eigenvalue weighted by molar-refractivity contribution is 7.98. The number of nitrogens with one attached hydrogen (secondary N) is 2. The average molecular weight is 519 g/mol. The maximum atomic E-state index is 13.6. The topological polar surface area (TPSA) is 94.0 Å². The number of pyridine rings is 1. The van der Waals surface area contributed by atoms with Crippen LogP contribution in [0.5, 0.6) is 5.75 Å². The summed E-state index contributed by atoms with van der Waals surface area (Å²) in [7, 11) is 1.57. The molecule has 10 heteroatoms. The summed E-state index contributed by atoms with van der Waals surface area (Å²) in [6.45, 7) is 1.86. The van der Waals surface area contributed by atoms with Gasteiger partial charge in [-0.15, -0.1) is 5.10 Å². The molecule has 0 aliphatic carbocycles. The van der Waals surface area contributed by atoms with Gasteiger partial charge in [0.1, 0.15) is 11.8 Å². The molecule has 5 rings (SSSR count). The monoisotopic (exact) mass is 518 g/mol. The van der Waals surface area contributed by atoms with Gasteiger partial charge < -0.3 is 15.4 Å². The molecule has 0 unspecified atom stereocenters. The van der Waals surface area contributed by atoms with Crippen LogP contribution in [-0.4, -0.2) is 32.8 Å². The molecule has 1 aliphatic rings. The summed E-state index contributed by atoms with van der Waals surface area (Å²) in [5.74, 6) is 1.47. The summed E-state index contributed by atoms with van der Waals surface area (Å²) in [5.41, 5.74) is 3.58. The molecule has 2 aromatic carbocycles. The van der Waals surface area contributed by atoms with E-state index in [1.54, 1.807) is 36.3 Å². The van der Waals surface area contributed by atoms with Crippen molar-refractivity contribution < 1.29 is 9.53 Å². The fourth-order valence-corrected chi connectivity index (χ4v) is 5.14. The molecule has 2 N–H and O–H groups in total. The second-order valence-corrected chi connectivity index (χ2v) is 9.40. The Kier molecular flexibility index (Phi) is 6.92. The van der Waals surface area contributed by atoms with Crippen molar-refractivity contribution >= 4 is 40.9 Å². The molecule has 3 heterocycles. The number of benzene rings is 2. The normalized spacial score (nSPS) is 14.7. The van der Waals surface area contributed by atoms with Gasteiger partial charge in [-0.1, -0.05) is 59.8 Å². The highest BCUT2D eigenvalue weighted by Gasteiger charge is 2.34. The fraction of sp³-hybridized carbons (Fsp3) is 0.154. The molecular weight excluding hydrogens is 496 g/mol. The third kappa shape index (κ3) is 4.80. The van der Waals surface area contributed by atoms with E-state index in [0.717, 1.165) is 11.1 Å². The number of para-hydroxylation sites is 2. The summed E-state index contributed by atoms with van der Waals surface area (Å²) in [6.07, 6.45) is 3.44. The molecule has 182 valence electrons. The first-order valence-electron chi connectivity index (χ1n) is 11.2. The molecule has 1 atom stereocenters. The van der Waals surface area contributed by atoms with Gasteiger partial charge in [-0.3, -0.25) is 9.78 Å². The lowest BCUT2D eigenvalue weighted by Crippen LogP contribution is -2.31. The minimum atomic E-state index is -0.521. The maximum Gasteiger partial charge on any atom is 0.255 e. The average Bonchev–Trinajstić information content (AvgIpc) is 3.30. The number of ether oxygens (including phenoxy) is 1. The molecule has 0 saturated heterocycles. The summed E-state index contributed by atoms with van der Waals surface area (Å²) >= 11 is 7.80. The van der Waals surface area contributed by atoms with Crippen molar-refractivity contribution in [2.75, 3.05) is 17.7 Å². The molecule has 0 fully saturated rings. The number of aromatic nitrogens is 4. The first-order valence-corrected chi connectivity index (χ1v) is 12.6. The molecule has 4 aromatic rings. The fourth-order valence-electron chi connectivity index (χ4n) is 4.03. The van der Waals surface area contributed by atoms with Crippen molar-refractivity contribution in [3.8, 4) is 5.75 Å². The minimum absolute atomic E-state index is 0.273. The van der Waals surface area contributed by atoms with Crippen LogP contribution in [0.25, 0.3) is 0 Å². The van der Waals surface area contributed by atoms with Crippen LogP contribution >= 0.6 is 23.4 Å². The van der Waals surface area contributed by atoms with Gasteiger partial charge in [0, 0.05) is 28.9 Å². The summed E-state index contributed by atoms with van der Waals surface area (Å²) in [6, 6.07) is 18.2. The molecule has 2 aromatic heterocycles. The predicted molar refractivity (Wildman–Crippen MR) is 141 cm³/mol. The van der Waals surface area contributed by atoms with E-state index in [0.29, 0.717) is 44.6 Å². The molecule has 36 heavy (non-hydrogen) atoms. The Morgan fingerprint density at radius 2 is 1.97 bits per heavy atom. The Morgan fingerprint density at radius 3 is 2.75 bits per heavy atom. The van der Waals surface area contributed by atoms with Gasteiger partial charge >= 0.3 is 0 Å². The van der Waals surface area contributed by atoms with Gasteiger partial charge in [0.05, 0.1) is 18.4 Å². The Bertz CT molecular complexity index is 1440. The highest BCUT2D eigenvalue weighted by Crippen LogP contribution is 2.37. The van der Waals surface area contributed by atoms with Gasteiger partial charge in [-0.25, -0.2) is 4.68 Å². The van der Waals surface area contributed by atoms with Crippen molar-refractivity contribution in [2.45, 2.75) is 23.9 Å². The van der Waals surface area contributed by atoms with E-state index >= 15 is 0 Å². The number of carbonyl (C=O) groups excluding carboxylic acids is 1. The number of hydrogen-bond acceptors (Lipinski definition) is 7. The molecular formula is C26H23ClN6O2S. The van der Waals surface area contributed by atoms with E-state index in [1.807, 2.05) is 55.5 Å². The number of methoxy groups -OCH3 is 1. The molecule has 0 bridgehead atoms. The smallest absolute Gasteiger partial charge is 0.255 e. The van der Waals surface area contributed by atoms with Gasteiger partial charge in [0.2, 0.25) is 11.1 Å². The van der Waals surface area contributed by atoms with Crippen LogP contribution in [0.2, 0.25) is 5.02 Å². The third-order valence-corrected chi connectivity index (χ3v) is 7.00. The maximum absolute atomic E-state index is 13.6. The zero-order valence-corrected chi connectivity index (χ0v) is 21.2. The van der Waals surface area contributed by atoms with Gasteiger partial charge in [-0.2, -0.15) is 4.98 Å². The molecule has 8 nitrogen and oxygen atoms in total. The standard InChI is InChI=1S/C26H23ClN6O2S/c1-16-22(24(34)30-20-11-5-6-12-21(20)35-2)23(17-9-7-13-28-14-17)33-25(29-16)31-26(32-33)36-15-18-8-3-4-10-19(18)27/h3-14,23H,15H2,1-2H3,(H,30,34)(H,29,31,32)/t23-/m0/s1. The second-order valence-electron chi connectivity index (χ2n) is 8.05. The second kappa shape index (κ2) is 10.4. The summed E-state index contributed by atoms with van der Waals surface area (Å²) < 4.78 is 7.14. The van der Waals surface area contributed by atoms with Crippen molar-refractivity contribution in [3.63, 3.8) is 0 Å². The van der Waals surface area contributed by atoms with E-state index in [9.17, 15) is 4.79 Å². The lowest BCUT2D eigenvalue weighted by molar-refractivity contribution is -0.113. The van der Waals surface area contributed by atoms with Crippen molar-refractivity contribution in [1.29, 1.82) is 0 Å². The number of allylic oxidation sites excluding steroid dienone is 1. The predicted octanol–water partition coefficient (Wildman–Crippen LogP) is 5.56. The van der Waals surface area contributed by atoms with Crippen LogP contribution < -0.4 is 15.4 Å². The molecule has 1 aliphatic heterocycles. The lowest BCUT2D eigenvalue weighted by Gasteiger charge is -2.28. The summed E-state index contributed by atoms with van der Waals surface area (Å²) in [5, 5.41) is 12.3. The molecule has 1 amide bonds. The highest BCUT2D eigenvalue weighted by atomic mass is 35.5. The van der Waals surface area contributed by atoms with E-state index in [-0.39, 0.29) is 5.91 Å². The number of carbonyl (C=O) groups is 1. The Hall–Kier alpha value is -3.82. The lowest BCUT2D eigenvalue weighted by atomic mass is 9.96. The zero-order valence-electron chi connectivity index (χ0n) is 19.6. The first-order chi connectivity index (χ1) is 17.5. The Balaban J connectivity index is 1.48. The molecule has 0 radical (unpaired) electrons. The minimum Gasteiger partial charge on any atom is -0.495 e. The van der Waals surface area contributed by atoms with Gasteiger partial charge in [-0.05, 0) is 42.3 Å². The van der Waals surface area contributed by atoms with Crippen LogP contribution in [0.3, 0.4) is 0 Å². The van der Waals surface area contributed by atoms with Crippen molar-refractivity contribution in [2.24, 2.45) is 0 Å². The number of nitrogens with zero attached hydrogens (tertiary/aromatic N) is 4. The Morgan fingerprint density at radius 1 is 1.17 bits per heavy atom. The number of hydrogen-bond donors (Lipinski definition) is 2. The first kappa shape index (κ1) is 23.9. The SMILES string of the molecule is COc1ccccc1NC(=O)C1=C(C)Nc2nc(SCc3ccccc3Cl)nn2[C@H]1c1cccnc1. The number of fused-ring (bicyclic) bond motifs is 1. The molecule has 0 spiro atoms. The quantitative estimate of drug-likeness (QED) is 0.309. The van der Waals surface area contributed by atoms with Crippen LogP contribution in [-0.2, 0) is 10.5 Å². The number of anilines is 2. The van der Waals surface area contributed by atoms with Crippen molar-refractivity contribution in [3.05, 3.63) is 100 Å². The van der Waals surface area contributed by atoms with Crippen LogP contribution in [0.4, 0.5) is 11.6 Å². The van der Waals surface area contributed by atoms with E-state index in [1.165, 1.54) is 11.8 Å². The van der Waals surface area contributed by atoms with Gasteiger partial charge in [0.15, 0.2) is 0 Å². The summed E-state index contributed by atoms with van der Waals surface area (Å²) in [4.78, 5) is 22.6. The van der Waals surface area contributed by atoms with Crippen LogP contribution in [0, 0.1) is 0 Å². The zero-order chi connectivity index (χ0) is 25.1. The van der Waals surface area contributed by atoms with Crippen LogP contribution in [0.15, 0.2) is 89.5 Å². The van der Waals surface area contributed by atoms with Crippen LogP contribution in [0.1, 0.15) is 24.1 Å². The number of amides is 1. The van der Waals surface area contributed by atoms with Gasteiger partial charge in [0.25, 0.3) is 5.91 Å².